The fraction of sp³-hybridized carbons (Fsp3) is 0.238. The van der Waals surface area contributed by atoms with Gasteiger partial charge in [-0.2, -0.15) is 9.78 Å². The van der Waals surface area contributed by atoms with Gasteiger partial charge in [0.25, 0.3) is 5.91 Å². The van der Waals surface area contributed by atoms with Crippen molar-refractivity contribution in [3.63, 3.8) is 0 Å². The van der Waals surface area contributed by atoms with Crippen LogP contribution in [0.1, 0.15) is 17.0 Å². The minimum atomic E-state index is -0.834. The predicted octanol–water partition coefficient (Wildman–Crippen LogP) is 2.92. The number of carbonyl (C=O) groups is 2. The van der Waals surface area contributed by atoms with E-state index in [2.05, 4.69) is 31.3 Å². The van der Waals surface area contributed by atoms with Crippen LogP contribution >= 0.6 is 15.9 Å². The third kappa shape index (κ3) is 4.20. The van der Waals surface area contributed by atoms with Crippen LogP contribution in [0.4, 0.5) is 10.5 Å². The van der Waals surface area contributed by atoms with Crippen molar-refractivity contribution in [3.05, 3.63) is 70.2 Å². The van der Waals surface area contributed by atoms with Gasteiger partial charge in [-0.3, -0.25) is 9.78 Å². The molecule has 0 radical (unpaired) electrons. The molecule has 3 aromatic rings. The van der Waals surface area contributed by atoms with E-state index in [9.17, 15) is 9.59 Å². The molecule has 2 amide bonds. The number of likely N-dealkylation sites (N-methyl/N-ethyl adjacent to an activating group) is 1. The number of ether oxygens (including phenoxy) is 1. The van der Waals surface area contributed by atoms with E-state index < -0.39 is 12.1 Å². The van der Waals surface area contributed by atoms with Crippen molar-refractivity contribution in [3.8, 4) is 5.75 Å². The van der Waals surface area contributed by atoms with Crippen molar-refractivity contribution in [2.75, 3.05) is 18.6 Å². The summed E-state index contributed by atoms with van der Waals surface area (Å²) < 4.78 is 7.77. The number of fused-ring (bicyclic) bond motifs is 1. The molecule has 2 aromatic heterocycles. The largest absolute Gasteiger partial charge is 0.489 e. The number of nitrogens with zero attached hydrogens (tertiary/aromatic N) is 4. The Kier molecular flexibility index (Phi) is 5.54. The predicted molar refractivity (Wildman–Crippen MR) is 115 cm³/mol. The number of benzene rings is 1. The Hall–Kier alpha value is -3.20. The van der Waals surface area contributed by atoms with Crippen LogP contribution in [-0.4, -0.2) is 46.4 Å². The van der Waals surface area contributed by atoms with Crippen molar-refractivity contribution in [1.29, 1.82) is 0 Å². The van der Waals surface area contributed by atoms with E-state index in [1.54, 1.807) is 31.6 Å². The van der Waals surface area contributed by atoms with Crippen LogP contribution in [0.2, 0.25) is 0 Å². The first-order valence-electron chi connectivity index (χ1n) is 9.37. The average Bonchev–Trinajstić information content (AvgIpc) is 3.15. The number of aromatic nitrogens is 3. The zero-order valence-corrected chi connectivity index (χ0v) is 18.1. The number of hydrogen-bond donors (Lipinski definition) is 1. The summed E-state index contributed by atoms with van der Waals surface area (Å²) in [5.41, 5.74) is 3.31. The van der Waals surface area contributed by atoms with Gasteiger partial charge in [-0.1, -0.05) is 22.0 Å². The lowest BCUT2D eigenvalue weighted by molar-refractivity contribution is -0.120. The van der Waals surface area contributed by atoms with Gasteiger partial charge in [0.05, 0.1) is 11.9 Å². The molecular weight excluding hydrogens is 450 g/mol. The zero-order valence-electron chi connectivity index (χ0n) is 16.5. The lowest BCUT2D eigenvalue weighted by Gasteiger charge is -2.20. The third-order valence-corrected chi connectivity index (χ3v) is 5.28. The minimum absolute atomic E-state index is 0.0326. The fourth-order valence-electron chi connectivity index (χ4n) is 3.26. The lowest BCUT2D eigenvalue weighted by Crippen LogP contribution is -2.50. The first-order valence-corrected chi connectivity index (χ1v) is 10.2. The topological polar surface area (TPSA) is 89.4 Å². The number of carbonyl (C=O) groups excluding carboxylic acids is 2. The Balaban J connectivity index is 1.45. The number of anilines is 1. The Morgan fingerprint density at radius 1 is 1.33 bits per heavy atom. The van der Waals surface area contributed by atoms with Crippen LogP contribution in [0.3, 0.4) is 0 Å². The second-order valence-electron chi connectivity index (χ2n) is 7.06. The molecule has 0 saturated carbocycles. The van der Waals surface area contributed by atoms with E-state index in [1.807, 2.05) is 31.2 Å². The van der Waals surface area contributed by atoms with Crippen molar-refractivity contribution >= 4 is 33.6 Å². The zero-order chi connectivity index (χ0) is 21.3. The van der Waals surface area contributed by atoms with E-state index >= 15 is 0 Å². The first-order chi connectivity index (χ1) is 14.4. The maximum atomic E-state index is 12.8. The molecule has 1 atom stereocenters. The molecule has 0 saturated heterocycles. The first kappa shape index (κ1) is 20.1. The Labute approximate surface area is 182 Å². The lowest BCUT2D eigenvalue weighted by atomic mass is 10.2. The van der Waals surface area contributed by atoms with E-state index in [0.717, 1.165) is 21.4 Å². The highest BCUT2D eigenvalue weighted by atomic mass is 79.9. The summed E-state index contributed by atoms with van der Waals surface area (Å²) in [5.74, 6) is 0.314. The molecular formula is C21H20BrN5O3. The van der Waals surface area contributed by atoms with Gasteiger partial charge in [-0.15, -0.1) is 0 Å². The Morgan fingerprint density at radius 3 is 2.97 bits per heavy atom. The number of pyridine rings is 1. The normalized spacial score (nSPS) is 15.9. The summed E-state index contributed by atoms with van der Waals surface area (Å²) in [6.07, 6.45) is 3.82. The summed E-state index contributed by atoms with van der Waals surface area (Å²) in [6, 6.07) is 9.89. The van der Waals surface area contributed by atoms with Gasteiger partial charge in [-0.05, 0) is 42.8 Å². The molecule has 0 aliphatic carbocycles. The molecule has 0 bridgehead atoms. The summed E-state index contributed by atoms with van der Waals surface area (Å²) in [6.45, 7) is 1.96. The molecule has 8 nitrogen and oxygen atoms in total. The van der Waals surface area contributed by atoms with Gasteiger partial charge >= 0.3 is 6.03 Å². The molecule has 0 unspecified atom stereocenters. The fourth-order valence-corrected chi connectivity index (χ4v) is 3.61. The molecule has 9 heteroatoms. The molecule has 0 spiro atoms. The van der Waals surface area contributed by atoms with E-state index in [-0.39, 0.29) is 12.5 Å². The van der Waals surface area contributed by atoms with E-state index in [1.165, 1.54) is 9.58 Å². The van der Waals surface area contributed by atoms with Crippen LogP contribution in [0, 0.1) is 6.92 Å². The standard InChI is InChI=1S/C21H20BrN5O3/c1-13-4-3-5-16(24-13)8-14-10-23-27(11-14)21(29)25-17-12-30-19-7-6-15(22)9-18(19)26(2)20(17)28/h3-7,9-11,17H,8,12H2,1-2H3,(H,25,29)/t17-/m0/s1. The molecule has 4 rings (SSSR count). The Bertz CT molecular complexity index is 1110. The highest BCUT2D eigenvalue weighted by molar-refractivity contribution is 9.10. The van der Waals surface area contributed by atoms with Crippen molar-refractivity contribution in [2.45, 2.75) is 19.4 Å². The molecule has 1 N–H and O–H groups in total. The van der Waals surface area contributed by atoms with Crippen LogP contribution in [0.5, 0.6) is 5.75 Å². The van der Waals surface area contributed by atoms with Crippen LogP contribution in [0.15, 0.2) is 53.3 Å². The Morgan fingerprint density at radius 2 is 2.17 bits per heavy atom. The second-order valence-corrected chi connectivity index (χ2v) is 7.98. The number of nitrogens with one attached hydrogen (secondary N) is 1. The van der Waals surface area contributed by atoms with Gasteiger partial charge in [0.2, 0.25) is 0 Å². The number of rotatable bonds is 3. The molecule has 1 aliphatic heterocycles. The quantitative estimate of drug-likeness (QED) is 0.636. The van der Waals surface area contributed by atoms with Crippen LogP contribution in [-0.2, 0) is 11.2 Å². The minimum Gasteiger partial charge on any atom is -0.489 e. The smallest absolute Gasteiger partial charge is 0.342 e. The molecule has 1 aliphatic rings. The molecule has 154 valence electrons. The van der Waals surface area contributed by atoms with Gasteiger partial charge in [0.15, 0.2) is 0 Å². The molecule has 3 heterocycles. The highest BCUT2D eigenvalue weighted by Crippen LogP contribution is 2.33. The molecule has 1 aromatic carbocycles. The maximum Gasteiger partial charge on any atom is 0.342 e. The average molecular weight is 470 g/mol. The van der Waals surface area contributed by atoms with Crippen molar-refractivity contribution in [1.82, 2.24) is 20.1 Å². The van der Waals surface area contributed by atoms with Crippen LogP contribution < -0.4 is 15.0 Å². The van der Waals surface area contributed by atoms with Gasteiger partial charge < -0.3 is 15.0 Å². The monoisotopic (exact) mass is 469 g/mol. The van der Waals surface area contributed by atoms with Crippen LogP contribution in [0.25, 0.3) is 0 Å². The molecule has 0 fully saturated rings. The number of hydrogen-bond acceptors (Lipinski definition) is 5. The maximum absolute atomic E-state index is 12.8. The SMILES string of the molecule is Cc1cccc(Cc2cnn(C(=O)N[C@H]3COc4ccc(Br)cc4N(C)C3=O)c2)n1. The number of halogens is 1. The van der Waals surface area contributed by atoms with Crippen molar-refractivity contribution < 1.29 is 14.3 Å². The summed E-state index contributed by atoms with van der Waals surface area (Å²) in [7, 11) is 1.66. The van der Waals surface area contributed by atoms with Crippen molar-refractivity contribution in [2.24, 2.45) is 0 Å². The highest BCUT2D eigenvalue weighted by Gasteiger charge is 2.31. The summed E-state index contributed by atoms with van der Waals surface area (Å²) >= 11 is 3.40. The van der Waals surface area contributed by atoms with Gasteiger partial charge in [0, 0.05) is 35.5 Å². The van der Waals surface area contributed by atoms with E-state index in [4.69, 9.17) is 4.74 Å². The van der Waals surface area contributed by atoms with Gasteiger partial charge in [0.1, 0.15) is 18.4 Å². The summed E-state index contributed by atoms with van der Waals surface area (Å²) in [5, 5.41) is 6.83. The summed E-state index contributed by atoms with van der Waals surface area (Å²) in [4.78, 5) is 31.5. The van der Waals surface area contributed by atoms with E-state index in [0.29, 0.717) is 17.9 Å². The number of aryl methyl sites for hydroxylation is 1. The van der Waals surface area contributed by atoms with Gasteiger partial charge in [-0.25, -0.2) is 4.79 Å². The third-order valence-electron chi connectivity index (χ3n) is 4.79. The number of amides is 2. The molecule has 30 heavy (non-hydrogen) atoms. The second kappa shape index (κ2) is 8.27.